The number of piperidine rings is 1. The summed E-state index contributed by atoms with van der Waals surface area (Å²) in [5.41, 5.74) is 0.560. The molecule has 0 spiro atoms. The van der Waals surface area contributed by atoms with E-state index >= 15 is 0 Å². The van der Waals surface area contributed by atoms with Crippen LogP contribution in [0.15, 0.2) is 51.3 Å². The summed E-state index contributed by atoms with van der Waals surface area (Å²) in [4.78, 5) is 20.1. The van der Waals surface area contributed by atoms with Crippen LogP contribution in [0.1, 0.15) is 18.6 Å². The maximum atomic E-state index is 13.9. The quantitative estimate of drug-likeness (QED) is 0.268. The molecule has 5 rings (SSSR count). The lowest BCUT2D eigenvalue weighted by Crippen LogP contribution is -2.46. The number of aromatic nitrogens is 1. The van der Waals surface area contributed by atoms with Gasteiger partial charge in [0.1, 0.15) is 21.2 Å². The van der Waals surface area contributed by atoms with Gasteiger partial charge in [-0.05, 0) is 49.2 Å². The second-order valence-corrected chi connectivity index (χ2v) is 13.5. The summed E-state index contributed by atoms with van der Waals surface area (Å²) in [6.45, 7) is 0.559. The summed E-state index contributed by atoms with van der Waals surface area (Å²) < 4.78 is 40.0. The maximum Gasteiger partial charge on any atom is 0.252 e. The number of hydrogen-bond donors (Lipinski definition) is 0. The summed E-state index contributed by atoms with van der Waals surface area (Å²) in [7, 11) is -2.20. The van der Waals surface area contributed by atoms with Crippen molar-refractivity contribution in [2.24, 2.45) is 5.92 Å². The monoisotopic (exact) mass is 585 g/mol. The Bertz CT molecular complexity index is 1500. The summed E-state index contributed by atoms with van der Waals surface area (Å²) >= 11 is 14.7. The van der Waals surface area contributed by atoms with E-state index in [1.54, 1.807) is 42.3 Å². The Morgan fingerprint density at radius 2 is 2.08 bits per heavy atom. The summed E-state index contributed by atoms with van der Waals surface area (Å²) in [5.74, 6) is 0.342. The van der Waals surface area contributed by atoms with Crippen molar-refractivity contribution in [3.8, 4) is 5.75 Å². The molecule has 0 bridgehead atoms. The van der Waals surface area contributed by atoms with Crippen molar-refractivity contribution in [2.45, 2.75) is 23.6 Å². The number of furan rings is 1. The highest BCUT2D eigenvalue weighted by atomic mass is 35.5. The number of carbonyl (C=O) groups is 1. The standard InChI is InChI=1S/C23H21Cl2N3O5S3/c1-32-17-7-6-16(24)21-20(17)26-23(35-21)28(13-15-5-3-11-33-15)22(29)14-4-2-10-27(12-14)36(30,31)19-9-8-18(25)34-19/h3,5-9,11,14H,2,4,10,12-13H2,1H3. The molecule has 3 aromatic heterocycles. The second-order valence-electron chi connectivity index (χ2n) is 8.19. The normalized spacial score (nSPS) is 16.9. The molecule has 8 nitrogen and oxygen atoms in total. The first kappa shape index (κ1) is 25.5. The largest absolute Gasteiger partial charge is 0.494 e. The van der Waals surface area contributed by atoms with Gasteiger partial charge in [0.25, 0.3) is 10.0 Å². The van der Waals surface area contributed by atoms with Gasteiger partial charge in [-0.15, -0.1) is 11.3 Å². The van der Waals surface area contributed by atoms with E-state index in [2.05, 4.69) is 4.98 Å². The van der Waals surface area contributed by atoms with Crippen molar-refractivity contribution in [2.75, 3.05) is 25.1 Å². The molecule has 1 aliphatic rings. The van der Waals surface area contributed by atoms with Crippen molar-refractivity contribution < 1.29 is 22.4 Å². The van der Waals surface area contributed by atoms with Gasteiger partial charge in [0.2, 0.25) is 5.91 Å². The highest BCUT2D eigenvalue weighted by Crippen LogP contribution is 2.40. The Labute approximate surface area is 226 Å². The van der Waals surface area contributed by atoms with E-state index in [9.17, 15) is 13.2 Å². The number of anilines is 1. The van der Waals surface area contributed by atoms with Gasteiger partial charge in [-0.25, -0.2) is 13.4 Å². The fourth-order valence-electron chi connectivity index (χ4n) is 4.17. The number of fused-ring (bicyclic) bond motifs is 1. The molecule has 0 N–H and O–H groups in total. The zero-order valence-corrected chi connectivity index (χ0v) is 23.0. The number of benzene rings is 1. The minimum atomic E-state index is -3.75. The minimum absolute atomic E-state index is 0.0698. The van der Waals surface area contributed by atoms with Crippen LogP contribution in [0.4, 0.5) is 5.13 Å². The van der Waals surface area contributed by atoms with Crippen LogP contribution in [0.25, 0.3) is 10.2 Å². The zero-order valence-electron chi connectivity index (χ0n) is 19.0. The molecule has 1 aromatic carbocycles. The number of hydrogen-bond acceptors (Lipinski definition) is 8. The lowest BCUT2D eigenvalue weighted by molar-refractivity contribution is -0.123. The third-order valence-electron chi connectivity index (χ3n) is 5.93. The van der Waals surface area contributed by atoms with Gasteiger partial charge >= 0.3 is 0 Å². The van der Waals surface area contributed by atoms with Crippen LogP contribution < -0.4 is 9.64 Å². The smallest absolute Gasteiger partial charge is 0.252 e. The van der Waals surface area contributed by atoms with Gasteiger partial charge in [-0.1, -0.05) is 34.5 Å². The number of halogens is 2. The second kappa shape index (κ2) is 10.3. The van der Waals surface area contributed by atoms with Gasteiger partial charge in [-0.3, -0.25) is 9.69 Å². The number of rotatable bonds is 7. The van der Waals surface area contributed by atoms with Crippen LogP contribution in [0, 0.1) is 5.92 Å². The average Bonchev–Trinajstić information content (AvgIpc) is 3.64. The number of thiophene rings is 1. The SMILES string of the molecule is COc1ccc(Cl)c2sc(N(Cc3ccco3)C(=O)C3CCCN(S(=O)(=O)c4ccc(Cl)s4)C3)nc12. The Hall–Kier alpha value is -2.15. The number of nitrogens with zero attached hydrogens (tertiary/aromatic N) is 3. The minimum Gasteiger partial charge on any atom is -0.494 e. The van der Waals surface area contributed by atoms with E-state index < -0.39 is 15.9 Å². The summed E-state index contributed by atoms with van der Waals surface area (Å²) in [6, 6.07) is 10.0. The predicted octanol–water partition coefficient (Wildman–Crippen LogP) is 5.90. The van der Waals surface area contributed by atoms with Crippen LogP contribution in [0.5, 0.6) is 5.75 Å². The van der Waals surface area contributed by atoms with E-state index in [1.165, 1.54) is 28.0 Å². The van der Waals surface area contributed by atoms with Gasteiger partial charge in [0.15, 0.2) is 5.13 Å². The van der Waals surface area contributed by atoms with Crippen LogP contribution in [0.3, 0.4) is 0 Å². The molecule has 0 saturated carbocycles. The molecule has 36 heavy (non-hydrogen) atoms. The van der Waals surface area contributed by atoms with Crippen molar-refractivity contribution in [3.63, 3.8) is 0 Å². The third kappa shape index (κ3) is 4.88. The first-order valence-corrected chi connectivity index (χ1v) is 14.8. The topological polar surface area (TPSA) is 93.0 Å². The van der Waals surface area contributed by atoms with Gasteiger partial charge in [0.05, 0.1) is 39.9 Å². The first-order valence-electron chi connectivity index (χ1n) is 11.0. The molecular formula is C23H21Cl2N3O5S3. The number of methoxy groups -OCH3 is 1. The molecule has 1 aliphatic heterocycles. The highest BCUT2D eigenvalue weighted by molar-refractivity contribution is 7.91. The van der Waals surface area contributed by atoms with Gasteiger partial charge < -0.3 is 9.15 Å². The van der Waals surface area contributed by atoms with Crippen LogP contribution in [0.2, 0.25) is 9.36 Å². The van der Waals surface area contributed by atoms with Crippen LogP contribution >= 0.6 is 45.9 Å². The lowest BCUT2D eigenvalue weighted by atomic mass is 9.98. The molecule has 4 heterocycles. The fraction of sp³-hybridized carbons (Fsp3) is 0.304. The van der Waals surface area contributed by atoms with Gasteiger partial charge in [0, 0.05) is 13.1 Å². The summed E-state index contributed by atoms with van der Waals surface area (Å²) in [6.07, 6.45) is 2.65. The number of thiazole rings is 1. The van der Waals surface area contributed by atoms with Crippen molar-refractivity contribution in [1.29, 1.82) is 0 Å². The molecule has 0 aliphatic carbocycles. The predicted molar refractivity (Wildman–Crippen MR) is 142 cm³/mol. The highest BCUT2D eigenvalue weighted by Gasteiger charge is 2.37. The van der Waals surface area contributed by atoms with Crippen LogP contribution in [-0.4, -0.2) is 43.8 Å². The van der Waals surface area contributed by atoms with Crippen LogP contribution in [-0.2, 0) is 21.4 Å². The Morgan fingerprint density at radius 1 is 1.25 bits per heavy atom. The molecule has 4 aromatic rings. The number of ether oxygens (including phenoxy) is 1. The van der Waals surface area contributed by atoms with E-state index in [0.29, 0.717) is 55.6 Å². The fourth-order valence-corrected chi connectivity index (χ4v) is 8.59. The molecule has 190 valence electrons. The molecule has 1 atom stereocenters. The zero-order chi connectivity index (χ0) is 25.4. The maximum absolute atomic E-state index is 13.9. The molecule has 0 radical (unpaired) electrons. The van der Waals surface area contributed by atoms with E-state index in [1.807, 2.05) is 0 Å². The van der Waals surface area contributed by atoms with Gasteiger partial charge in [-0.2, -0.15) is 4.31 Å². The lowest BCUT2D eigenvalue weighted by Gasteiger charge is -2.33. The van der Waals surface area contributed by atoms with Crippen molar-refractivity contribution in [3.05, 3.63) is 57.8 Å². The average molecular weight is 587 g/mol. The third-order valence-corrected chi connectivity index (χ3v) is 11.0. The molecule has 1 amide bonds. The number of sulfonamides is 1. The molecule has 13 heteroatoms. The van der Waals surface area contributed by atoms with E-state index in [0.717, 1.165) is 11.3 Å². The Kier molecular flexibility index (Phi) is 7.30. The number of amides is 1. The Balaban J connectivity index is 1.48. The van der Waals surface area contributed by atoms with Crippen molar-refractivity contribution in [1.82, 2.24) is 9.29 Å². The molecule has 1 unspecified atom stereocenters. The molecular weight excluding hydrogens is 565 g/mol. The first-order chi connectivity index (χ1) is 17.3. The molecule has 1 saturated heterocycles. The van der Waals surface area contributed by atoms with E-state index in [4.69, 9.17) is 32.4 Å². The van der Waals surface area contributed by atoms with Crippen molar-refractivity contribution >= 4 is 77.2 Å². The number of carbonyl (C=O) groups excluding carboxylic acids is 1. The summed E-state index contributed by atoms with van der Waals surface area (Å²) in [5, 5.41) is 0.937. The van der Waals surface area contributed by atoms with E-state index in [-0.39, 0.29) is 23.2 Å². The molecule has 1 fully saturated rings. The Morgan fingerprint density at radius 3 is 2.78 bits per heavy atom.